The van der Waals surface area contributed by atoms with Crippen molar-refractivity contribution >= 4 is 11.5 Å². The van der Waals surface area contributed by atoms with E-state index in [1.165, 1.54) is 6.33 Å². The normalized spacial score (nSPS) is 10.5. The second-order valence-corrected chi connectivity index (χ2v) is 4.42. The quantitative estimate of drug-likeness (QED) is 0.790. The van der Waals surface area contributed by atoms with Gasteiger partial charge in [-0.05, 0) is 6.42 Å². The van der Waals surface area contributed by atoms with Gasteiger partial charge in [0.1, 0.15) is 17.8 Å². The van der Waals surface area contributed by atoms with Crippen molar-refractivity contribution in [3.8, 4) is 5.88 Å². The lowest BCUT2D eigenvalue weighted by Crippen LogP contribution is -2.12. The largest absolute Gasteiger partial charge is 0.476 e. The Morgan fingerprint density at radius 1 is 1.35 bits per heavy atom. The molecule has 0 aliphatic carbocycles. The van der Waals surface area contributed by atoms with Crippen LogP contribution in [0.4, 0.5) is 11.5 Å². The molecule has 2 aromatic rings. The second-order valence-electron chi connectivity index (χ2n) is 4.42. The lowest BCUT2D eigenvalue weighted by Gasteiger charge is -2.11. The van der Waals surface area contributed by atoms with Gasteiger partial charge < -0.3 is 20.4 Å². The highest BCUT2D eigenvalue weighted by atomic mass is 16.5. The summed E-state index contributed by atoms with van der Waals surface area (Å²) in [6.45, 7) is 3.32. The van der Waals surface area contributed by atoms with Gasteiger partial charge in [0.25, 0.3) is 0 Å². The Bertz CT molecular complexity index is 554. The Morgan fingerprint density at radius 3 is 2.90 bits per heavy atom. The van der Waals surface area contributed by atoms with Gasteiger partial charge >= 0.3 is 0 Å². The first-order valence-electron chi connectivity index (χ1n) is 6.65. The number of nitrogens with zero attached hydrogens (tertiary/aromatic N) is 4. The zero-order valence-electron chi connectivity index (χ0n) is 11.8. The van der Waals surface area contributed by atoms with Crippen LogP contribution in [0.1, 0.15) is 19.2 Å². The lowest BCUT2D eigenvalue weighted by atomic mass is 10.3. The molecule has 3 N–H and O–H groups in total. The van der Waals surface area contributed by atoms with E-state index in [1.807, 2.05) is 24.7 Å². The van der Waals surface area contributed by atoms with Crippen LogP contribution in [-0.4, -0.2) is 32.7 Å². The standard InChI is InChI=1S/C13H20N6O/c1-3-8-20-13-11(14)12(17-9-18-13)16-5-4-10-15-6-7-19(10)2/h6-7,9H,3-5,8,14H2,1-2H3,(H,16,17,18). The van der Waals surface area contributed by atoms with Crippen LogP contribution >= 0.6 is 0 Å². The van der Waals surface area contributed by atoms with Crippen molar-refractivity contribution in [1.82, 2.24) is 19.5 Å². The molecule has 0 saturated carbocycles. The molecule has 0 spiro atoms. The molecule has 0 aliphatic rings. The van der Waals surface area contributed by atoms with E-state index in [0.29, 0.717) is 30.5 Å². The maximum atomic E-state index is 5.98. The molecular formula is C13H20N6O. The van der Waals surface area contributed by atoms with Gasteiger partial charge in [-0.25, -0.2) is 9.97 Å². The van der Waals surface area contributed by atoms with Crippen LogP contribution in [0.3, 0.4) is 0 Å². The van der Waals surface area contributed by atoms with E-state index in [4.69, 9.17) is 10.5 Å². The van der Waals surface area contributed by atoms with Crippen LogP contribution in [0.2, 0.25) is 0 Å². The smallest absolute Gasteiger partial charge is 0.242 e. The Hall–Kier alpha value is -2.31. The third kappa shape index (κ3) is 3.37. The van der Waals surface area contributed by atoms with Gasteiger partial charge in [-0.3, -0.25) is 0 Å². The lowest BCUT2D eigenvalue weighted by molar-refractivity contribution is 0.306. The molecule has 0 unspecified atom stereocenters. The molecule has 0 radical (unpaired) electrons. The first-order valence-corrected chi connectivity index (χ1v) is 6.65. The van der Waals surface area contributed by atoms with E-state index in [1.54, 1.807) is 6.20 Å². The van der Waals surface area contributed by atoms with E-state index in [9.17, 15) is 0 Å². The van der Waals surface area contributed by atoms with E-state index < -0.39 is 0 Å². The molecule has 2 aromatic heterocycles. The number of nitrogens with two attached hydrogens (primary N) is 1. The zero-order chi connectivity index (χ0) is 14.4. The van der Waals surface area contributed by atoms with Gasteiger partial charge in [0.2, 0.25) is 5.88 Å². The topological polar surface area (TPSA) is 90.9 Å². The van der Waals surface area contributed by atoms with E-state index in [2.05, 4.69) is 20.3 Å². The van der Waals surface area contributed by atoms with Crippen molar-refractivity contribution in [1.29, 1.82) is 0 Å². The molecule has 0 saturated heterocycles. The minimum absolute atomic E-state index is 0.432. The molecule has 7 nitrogen and oxygen atoms in total. The van der Waals surface area contributed by atoms with Crippen LogP contribution in [0, 0.1) is 0 Å². The number of imidazole rings is 1. The molecule has 2 heterocycles. The molecular weight excluding hydrogens is 256 g/mol. The summed E-state index contributed by atoms with van der Waals surface area (Å²) in [5, 5.41) is 3.19. The highest BCUT2D eigenvalue weighted by molar-refractivity contribution is 5.66. The molecule has 0 amide bonds. The summed E-state index contributed by atoms with van der Waals surface area (Å²) >= 11 is 0. The van der Waals surface area contributed by atoms with Crippen LogP contribution < -0.4 is 15.8 Å². The van der Waals surface area contributed by atoms with Crippen LogP contribution in [0.5, 0.6) is 5.88 Å². The van der Waals surface area contributed by atoms with E-state index >= 15 is 0 Å². The predicted molar refractivity (Wildman–Crippen MR) is 77.6 cm³/mol. The van der Waals surface area contributed by atoms with Crippen LogP contribution in [-0.2, 0) is 13.5 Å². The van der Waals surface area contributed by atoms with Crippen molar-refractivity contribution in [2.24, 2.45) is 7.05 Å². The number of hydrogen-bond acceptors (Lipinski definition) is 6. The molecule has 0 aromatic carbocycles. The molecule has 7 heteroatoms. The fraction of sp³-hybridized carbons (Fsp3) is 0.462. The highest BCUT2D eigenvalue weighted by Crippen LogP contribution is 2.24. The third-order valence-electron chi connectivity index (χ3n) is 2.85. The predicted octanol–water partition coefficient (Wildman–Crippen LogP) is 1.24. The summed E-state index contributed by atoms with van der Waals surface area (Å²) in [6.07, 6.45) is 6.85. The van der Waals surface area contributed by atoms with E-state index in [-0.39, 0.29) is 0 Å². The Labute approximate surface area is 118 Å². The van der Waals surface area contributed by atoms with Crippen molar-refractivity contribution in [2.45, 2.75) is 19.8 Å². The molecule has 0 atom stereocenters. The molecule has 20 heavy (non-hydrogen) atoms. The van der Waals surface area contributed by atoms with Gasteiger partial charge in [0.05, 0.1) is 6.61 Å². The molecule has 0 bridgehead atoms. The summed E-state index contributed by atoms with van der Waals surface area (Å²) in [4.78, 5) is 12.4. The molecule has 0 aliphatic heterocycles. The highest BCUT2D eigenvalue weighted by Gasteiger charge is 2.09. The van der Waals surface area contributed by atoms with Gasteiger partial charge in [-0.1, -0.05) is 6.92 Å². The Morgan fingerprint density at radius 2 is 2.20 bits per heavy atom. The number of hydrogen-bond donors (Lipinski definition) is 2. The van der Waals surface area contributed by atoms with E-state index in [0.717, 1.165) is 18.7 Å². The van der Waals surface area contributed by atoms with Crippen LogP contribution in [0.25, 0.3) is 0 Å². The van der Waals surface area contributed by atoms with Crippen LogP contribution in [0.15, 0.2) is 18.7 Å². The number of aryl methyl sites for hydroxylation is 1. The van der Waals surface area contributed by atoms with Crippen molar-refractivity contribution in [3.63, 3.8) is 0 Å². The van der Waals surface area contributed by atoms with Crippen molar-refractivity contribution in [3.05, 3.63) is 24.5 Å². The first-order chi connectivity index (χ1) is 9.72. The summed E-state index contributed by atoms with van der Waals surface area (Å²) in [7, 11) is 1.97. The minimum atomic E-state index is 0.432. The summed E-state index contributed by atoms with van der Waals surface area (Å²) in [5.41, 5.74) is 6.43. The zero-order valence-corrected chi connectivity index (χ0v) is 11.8. The number of anilines is 2. The summed E-state index contributed by atoms with van der Waals surface area (Å²) in [5.74, 6) is 2.04. The van der Waals surface area contributed by atoms with Gasteiger partial charge in [0, 0.05) is 32.4 Å². The SMILES string of the molecule is CCCOc1ncnc(NCCc2nccn2C)c1N. The van der Waals surface area contributed by atoms with Crippen molar-refractivity contribution < 1.29 is 4.74 Å². The summed E-state index contributed by atoms with van der Waals surface area (Å²) < 4.78 is 7.45. The Balaban J connectivity index is 1.94. The number of rotatable bonds is 7. The average molecular weight is 276 g/mol. The molecule has 0 fully saturated rings. The first kappa shape index (κ1) is 14.1. The number of nitrogens with one attached hydrogen (secondary N) is 1. The number of nitrogen functional groups attached to an aromatic ring is 1. The van der Waals surface area contributed by atoms with Gasteiger partial charge in [-0.15, -0.1) is 0 Å². The minimum Gasteiger partial charge on any atom is -0.476 e. The second kappa shape index (κ2) is 6.74. The van der Waals surface area contributed by atoms with Gasteiger partial charge in [0.15, 0.2) is 5.82 Å². The third-order valence-corrected chi connectivity index (χ3v) is 2.85. The Kier molecular flexibility index (Phi) is 4.75. The molecule has 108 valence electrons. The van der Waals surface area contributed by atoms with Crippen molar-refractivity contribution in [2.75, 3.05) is 24.2 Å². The number of aromatic nitrogens is 4. The van der Waals surface area contributed by atoms with Gasteiger partial charge in [-0.2, -0.15) is 4.98 Å². The monoisotopic (exact) mass is 276 g/mol. The maximum absolute atomic E-state index is 5.98. The average Bonchev–Trinajstić information content (AvgIpc) is 2.85. The fourth-order valence-electron chi connectivity index (χ4n) is 1.76. The maximum Gasteiger partial charge on any atom is 0.242 e. The molecule has 2 rings (SSSR count). The fourth-order valence-corrected chi connectivity index (χ4v) is 1.76. The number of ether oxygens (including phenoxy) is 1. The summed E-state index contributed by atoms with van der Waals surface area (Å²) in [6, 6.07) is 0.